The summed E-state index contributed by atoms with van der Waals surface area (Å²) < 4.78 is 13.1. The van der Waals surface area contributed by atoms with Gasteiger partial charge < -0.3 is 0 Å². The van der Waals surface area contributed by atoms with Gasteiger partial charge in [-0.15, -0.1) is 0 Å². The number of rotatable bonds is 7. The van der Waals surface area contributed by atoms with Crippen LogP contribution in [-0.2, 0) is 32.2 Å². The molecule has 0 N–H and O–H groups in total. The average molecular weight is 374 g/mol. The number of hydrogen-bond donors (Lipinski definition) is 0. The van der Waals surface area contributed by atoms with Gasteiger partial charge in [-0.1, -0.05) is 37.3 Å². The molecule has 0 saturated carbocycles. The zero-order valence-corrected chi connectivity index (χ0v) is 16.0. The summed E-state index contributed by atoms with van der Waals surface area (Å²) in [6, 6.07) is 13.1. The first kappa shape index (κ1) is 18.4. The lowest BCUT2D eigenvalue weighted by Gasteiger charge is -2.08. The van der Waals surface area contributed by atoms with Crippen molar-refractivity contribution in [2.75, 3.05) is 0 Å². The van der Waals surface area contributed by atoms with Gasteiger partial charge in [-0.3, -0.25) is 4.99 Å². The van der Waals surface area contributed by atoms with Crippen LogP contribution in [0, 0.1) is 5.82 Å². The summed E-state index contributed by atoms with van der Waals surface area (Å²) in [6.45, 7) is 2.88. The molecule has 0 aliphatic carbocycles. The molecule has 0 saturated heterocycles. The van der Waals surface area contributed by atoms with Gasteiger partial charge in [0.2, 0.25) is 0 Å². The molecule has 0 amide bonds. The van der Waals surface area contributed by atoms with Crippen LogP contribution < -0.4 is 0 Å². The lowest BCUT2D eigenvalue weighted by atomic mass is 10.0. The van der Waals surface area contributed by atoms with E-state index in [4.69, 9.17) is 4.98 Å². The van der Waals surface area contributed by atoms with Crippen LogP contribution in [-0.4, -0.2) is 21.2 Å². The molecule has 0 atom stereocenters. The largest absolute Gasteiger partial charge is 0.288 e. The van der Waals surface area contributed by atoms with Crippen molar-refractivity contribution < 1.29 is 4.39 Å². The smallest absolute Gasteiger partial charge is 0.136 e. The zero-order chi connectivity index (χ0) is 19.3. The minimum atomic E-state index is -0.212. The summed E-state index contributed by atoms with van der Waals surface area (Å²) in [6.07, 6.45) is 5.96. The highest BCUT2D eigenvalue weighted by molar-refractivity contribution is 5.84. The molecule has 0 bridgehead atoms. The van der Waals surface area contributed by atoms with E-state index in [0.29, 0.717) is 6.42 Å². The predicted octanol–water partition coefficient (Wildman–Crippen LogP) is 4.27. The van der Waals surface area contributed by atoms with E-state index >= 15 is 0 Å². The lowest BCUT2D eigenvalue weighted by molar-refractivity contribution is 0.626. The van der Waals surface area contributed by atoms with Crippen molar-refractivity contribution >= 4 is 6.21 Å². The number of benzene rings is 2. The van der Waals surface area contributed by atoms with Gasteiger partial charge in [-0.05, 0) is 47.2 Å². The summed E-state index contributed by atoms with van der Waals surface area (Å²) in [5.74, 6) is 2.26. The summed E-state index contributed by atoms with van der Waals surface area (Å²) in [5.41, 5.74) is 4.74. The van der Waals surface area contributed by atoms with Crippen LogP contribution in [0.3, 0.4) is 0 Å². The molecule has 0 radical (unpaired) electrons. The molecule has 2 aromatic carbocycles. The maximum absolute atomic E-state index is 13.1. The zero-order valence-electron chi connectivity index (χ0n) is 16.0. The SMILES string of the molecule is CCCc1nc(CCc2ccc(F)cc2)nc(Cc2ccc3c(c2)CN=C3)n1. The molecule has 0 unspecified atom stereocenters. The topological polar surface area (TPSA) is 51.0 Å². The predicted molar refractivity (Wildman–Crippen MR) is 108 cm³/mol. The van der Waals surface area contributed by atoms with Crippen molar-refractivity contribution in [1.29, 1.82) is 0 Å². The first-order chi connectivity index (χ1) is 13.7. The van der Waals surface area contributed by atoms with Gasteiger partial charge >= 0.3 is 0 Å². The number of fused-ring (bicyclic) bond motifs is 1. The quantitative estimate of drug-likeness (QED) is 0.620. The highest BCUT2D eigenvalue weighted by atomic mass is 19.1. The van der Waals surface area contributed by atoms with Gasteiger partial charge in [0.05, 0.1) is 6.54 Å². The van der Waals surface area contributed by atoms with Crippen molar-refractivity contribution in [3.8, 4) is 0 Å². The summed E-state index contributed by atoms with van der Waals surface area (Å²) >= 11 is 0. The van der Waals surface area contributed by atoms with E-state index in [1.54, 1.807) is 0 Å². The van der Waals surface area contributed by atoms with Crippen LogP contribution in [0.15, 0.2) is 47.5 Å². The molecule has 2 heterocycles. The molecule has 0 fully saturated rings. The minimum absolute atomic E-state index is 0.212. The van der Waals surface area contributed by atoms with E-state index in [-0.39, 0.29) is 5.82 Å². The van der Waals surface area contributed by atoms with Gasteiger partial charge in [-0.25, -0.2) is 19.3 Å². The molecular formula is C23H23FN4. The second-order valence-electron chi connectivity index (χ2n) is 7.14. The van der Waals surface area contributed by atoms with Crippen LogP contribution >= 0.6 is 0 Å². The molecule has 1 aliphatic heterocycles. The molecule has 3 aromatic rings. The van der Waals surface area contributed by atoms with E-state index in [0.717, 1.165) is 55.3 Å². The number of aliphatic imine (C=N–C) groups is 1. The molecular weight excluding hydrogens is 351 g/mol. The third-order valence-electron chi connectivity index (χ3n) is 4.86. The van der Waals surface area contributed by atoms with Crippen molar-refractivity contribution in [3.63, 3.8) is 0 Å². The van der Waals surface area contributed by atoms with Crippen molar-refractivity contribution in [3.05, 3.63) is 88.0 Å². The molecule has 28 heavy (non-hydrogen) atoms. The Hall–Kier alpha value is -2.95. The maximum Gasteiger partial charge on any atom is 0.136 e. The van der Waals surface area contributed by atoms with Gasteiger partial charge in [0.15, 0.2) is 0 Å². The van der Waals surface area contributed by atoms with Crippen LogP contribution in [0.1, 0.15) is 53.1 Å². The highest BCUT2D eigenvalue weighted by Gasteiger charge is 2.11. The number of nitrogens with zero attached hydrogens (tertiary/aromatic N) is 4. The van der Waals surface area contributed by atoms with Crippen molar-refractivity contribution in [2.45, 2.75) is 45.6 Å². The molecule has 0 spiro atoms. The van der Waals surface area contributed by atoms with E-state index in [1.165, 1.54) is 28.8 Å². The summed E-state index contributed by atoms with van der Waals surface area (Å²) in [4.78, 5) is 18.3. The fourth-order valence-electron chi connectivity index (χ4n) is 3.41. The fourth-order valence-corrected chi connectivity index (χ4v) is 3.41. The highest BCUT2D eigenvalue weighted by Crippen LogP contribution is 2.18. The monoisotopic (exact) mass is 374 g/mol. The molecule has 5 heteroatoms. The Labute approximate surface area is 164 Å². The Kier molecular flexibility index (Phi) is 5.51. The third kappa shape index (κ3) is 4.47. The second kappa shape index (κ2) is 8.38. The summed E-state index contributed by atoms with van der Waals surface area (Å²) in [5, 5.41) is 0. The van der Waals surface area contributed by atoms with Gasteiger partial charge in [0, 0.05) is 25.5 Å². The van der Waals surface area contributed by atoms with Gasteiger partial charge in [-0.2, -0.15) is 0 Å². The van der Waals surface area contributed by atoms with Crippen molar-refractivity contribution in [2.24, 2.45) is 4.99 Å². The Bertz CT molecular complexity index is 996. The van der Waals surface area contributed by atoms with Gasteiger partial charge in [0.1, 0.15) is 23.3 Å². The maximum atomic E-state index is 13.1. The van der Waals surface area contributed by atoms with E-state index in [2.05, 4.69) is 40.1 Å². The standard InChI is InChI=1S/C23H23FN4/c1-2-3-21-26-22(11-7-16-5-9-20(24)10-6-16)28-23(27-21)13-17-4-8-18-14-25-15-19(18)12-17/h4-6,8-10,12,14H,2-3,7,11,13,15H2,1H3. The van der Waals surface area contributed by atoms with E-state index in [1.807, 2.05) is 18.3 Å². The number of aromatic nitrogens is 3. The van der Waals surface area contributed by atoms with Crippen LogP contribution in [0.4, 0.5) is 4.39 Å². The third-order valence-corrected chi connectivity index (χ3v) is 4.86. The van der Waals surface area contributed by atoms with E-state index < -0.39 is 0 Å². The first-order valence-electron chi connectivity index (χ1n) is 9.78. The molecule has 1 aliphatic rings. The summed E-state index contributed by atoms with van der Waals surface area (Å²) in [7, 11) is 0. The van der Waals surface area contributed by atoms with Crippen LogP contribution in [0.2, 0.25) is 0 Å². The Balaban J connectivity index is 1.52. The first-order valence-corrected chi connectivity index (χ1v) is 9.78. The minimum Gasteiger partial charge on any atom is -0.288 e. The second-order valence-corrected chi connectivity index (χ2v) is 7.14. The van der Waals surface area contributed by atoms with Crippen LogP contribution in [0.5, 0.6) is 0 Å². The van der Waals surface area contributed by atoms with Crippen molar-refractivity contribution in [1.82, 2.24) is 15.0 Å². The average Bonchev–Trinajstić information content (AvgIpc) is 3.16. The number of aryl methyl sites for hydroxylation is 3. The number of halogens is 1. The van der Waals surface area contributed by atoms with Gasteiger partial charge in [0.25, 0.3) is 0 Å². The lowest BCUT2D eigenvalue weighted by Crippen LogP contribution is -2.09. The normalized spacial score (nSPS) is 12.4. The van der Waals surface area contributed by atoms with E-state index in [9.17, 15) is 4.39 Å². The Morgan fingerprint density at radius 1 is 0.821 bits per heavy atom. The van der Waals surface area contributed by atoms with Crippen LogP contribution in [0.25, 0.3) is 0 Å². The Morgan fingerprint density at radius 2 is 1.54 bits per heavy atom. The molecule has 4 nitrogen and oxygen atoms in total. The molecule has 142 valence electrons. The molecule has 4 rings (SSSR count). The Morgan fingerprint density at radius 3 is 2.32 bits per heavy atom. The molecule has 1 aromatic heterocycles. The fraction of sp³-hybridized carbons (Fsp3) is 0.304. The number of hydrogen-bond acceptors (Lipinski definition) is 4.